The standard InChI is InChI=1S/C14H20N2O/c15-14(12-5-1-4-9-16-12)8-10-17-13(11-14)6-2-3-7-13/h1,4-5,9H,2-3,6-8,10-11,15H2. The van der Waals surface area contributed by atoms with Crippen LogP contribution in [-0.2, 0) is 10.3 Å². The zero-order chi connectivity index (χ0) is 11.8. The van der Waals surface area contributed by atoms with E-state index in [4.69, 9.17) is 10.5 Å². The van der Waals surface area contributed by atoms with E-state index in [0.717, 1.165) is 25.1 Å². The molecule has 2 aliphatic rings. The Morgan fingerprint density at radius 2 is 2.00 bits per heavy atom. The highest BCUT2D eigenvalue weighted by Crippen LogP contribution is 2.45. The molecule has 0 amide bonds. The lowest BCUT2D eigenvalue weighted by molar-refractivity contribution is -0.102. The number of pyridine rings is 1. The highest BCUT2D eigenvalue weighted by molar-refractivity contribution is 5.18. The Balaban J connectivity index is 1.87. The summed E-state index contributed by atoms with van der Waals surface area (Å²) in [6.07, 6.45) is 8.53. The van der Waals surface area contributed by atoms with E-state index < -0.39 is 0 Å². The third kappa shape index (κ3) is 1.98. The molecule has 1 atom stereocenters. The van der Waals surface area contributed by atoms with Crippen LogP contribution in [0.3, 0.4) is 0 Å². The van der Waals surface area contributed by atoms with E-state index in [1.165, 1.54) is 25.7 Å². The van der Waals surface area contributed by atoms with Gasteiger partial charge in [-0.05, 0) is 31.4 Å². The molecule has 92 valence electrons. The number of hydrogen-bond donors (Lipinski definition) is 1. The molecule has 3 nitrogen and oxygen atoms in total. The second-order valence-corrected chi connectivity index (χ2v) is 5.54. The number of hydrogen-bond acceptors (Lipinski definition) is 3. The van der Waals surface area contributed by atoms with Gasteiger partial charge < -0.3 is 10.5 Å². The van der Waals surface area contributed by atoms with Crippen LogP contribution in [0.15, 0.2) is 24.4 Å². The second kappa shape index (κ2) is 4.07. The lowest BCUT2D eigenvalue weighted by atomic mass is 9.77. The molecule has 1 saturated carbocycles. The van der Waals surface area contributed by atoms with Gasteiger partial charge in [-0.3, -0.25) is 4.98 Å². The molecule has 0 bridgehead atoms. The summed E-state index contributed by atoms with van der Waals surface area (Å²) in [7, 11) is 0. The Bertz CT molecular complexity index is 386. The van der Waals surface area contributed by atoms with Crippen LogP contribution >= 0.6 is 0 Å². The summed E-state index contributed by atoms with van der Waals surface area (Å²) < 4.78 is 6.04. The normalized spacial score (nSPS) is 31.8. The first-order valence-corrected chi connectivity index (χ1v) is 6.57. The first-order chi connectivity index (χ1) is 8.23. The molecule has 0 radical (unpaired) electrons. The molecule has 3 rings (SSSR count). The van der Waals surface area contributed by atoms with E-state index in [9.17, 15) is 0 Å². The van der Waals surface area contributed by atoms with Crippen molar-refractivity contribution in [2.45, 2.75) is 49.7 Å². The molecule has 3 heteroatoms. The zero-order valence-electron chi connectivity index (χ0n) is 10.2. The average molecular weight is 232 g/mol. The fourth-order valence-corrected chi connectivity index (χ4v) is 3.38. The topological polar surface area (TPSA) is 48.1 Å². The van der Waals surface area contributed by atoms with Crippen LogP contribution < -0.4 is 5.73 Å². The van der Waals surface area contributed by atoms with Crippen molar-refractivity contribution in [1.29, 1.82) is 0 Å². The third-order valence-electron chi connectivity index (χ3n) is 4.28. The van der Waals surface area contributed by atoms with Gasteiger partial charge in [-0.25, -0.2) is 0 Å². The number of aromatic nitrogens is 1. The van der Waals surface area contributed by atoms with Gasteiger partial charge in [-0.1, -0.05) is 18.9 Å². The van der Waals surface area contributed by atoms with Gasteiger partial charge in [0.2, 0.25) is 0 Å². The zero-order valence-corrected chi connectivity index (χ0v) is 10.2. The van der Waals surface area contributed by atoms with Gasteiger partial charge in [0.1, 0.15) is 0 Å². The SMILES string of the molecule is NC1(c2ccccn2)CCOC2(CCCC2)C1. The van der Waals surface area contributed by atoms with Crippen molar-refractivity contribution < 1.29 is 4.74 Å². The van der Waals surface area contributed by atoms with E-state index in [2.05, 4.69) is 4.98 Å². The highest BCUT2D eigenvalue weighted by Gasteiger charge is 2.46. The van der Waals surface area contributed by atoms with E-state index >= 15 is 0 Å². The quantitative estimate of drug-likeness (QED) is 0.808. The Labute approximate surface area is 102 Å². The minimum absolute atomic E-state index is 0.0462. The largest absolute Gasteiger partial charge is 0.375 e. The third-order valence-corrected chi connectivity index (χ3v) is 4.28. The smallest absolute Gasteiger partial charge is 0.0704 e. The monoisotopic (exact) mass is 232 g/mol. The van der Waals surface area contributed by atoms with Gasteiger partial charge >= 0.3 is 0 Å². The summed E-state index contributed by atoms with van der Waals surface area (Å²) in [5, 5.41) is 0. The van der Waals surface area contributed by atoms with Crippen molar-refractivity contribution in [1.82, 2.24) is 4.98 Å². The van der Waals surface area contributed by atoms with Gasteiger partial charge in [-0.2, -0.15) is 0 Å². The molecular formula is C14H20N2O. The van der Waals surface area contributed by atoms with Crippen molar-refractivity contribution in [2.24, 2.45) is 5.73 Å². The number of rotatable bonds is 1. The average Bonchev–Trinajstić information content (AvgIpc) is 2.78. The number of ether oxygens (including phenoxy) is 1. The number of nitrogens with zero attached hydrogens (tertiary/aromatic N) is 1. The fourth-order valence-electron chi connectivity index (χ4n) is 3.38. The van der Waals surface area contributed by atoms with Gasteiger partial charge in [0, 0.05) is 19.2 Å². The molecule has 2 fully saturated rings. The van der Waals surface area contributed by atoms with Crippen LogP contribution in [0.2, 0.25) is 0 Å². The molecule has 2 N–H and O–H groups in total. The number of nitrogens with two attached hydrogens (primary N) is 1. The summed E-state index contributed by atoms with van der Waals surface area (Å²) >= 11 is 0. The van der Waals surface area contributed by atoms with Crippen LogP contribution in [0.25, 0.3) is 0 Å². The molecule has 1 aliphatic heterocycles. The summed E-state index contributed by atoms with van der Waals surface area (Å²) in [4.78, 5) is 4.45. The molecule has 2 heterocycles. The maximum Gasteiger partial charge on any atom is 0.0704 e. The van der Waals surface area contributed by atoms with Gasteiger partial charge in [0.15, 0.2) is 0 Å². The predicted octanol–water partition coefficient (Wildman–Crippen LogP) is 2.36. The maximum atomic E-state index is 6.59. The van der Waals surface area contributed by atoms with Gasteiger partial charge in [0.05, 0.1) is 16.8 Å². The first-order valence-electron chi connectivity index (χ1n) is 6.57. The predicted molar refractivity (Wildman–Crippen MR) is 66.5 cm³/mol. The van der Waals surface area contributed by atoms with Crippen LogP contribution in [0, 0.1) is 0 Å². The summed E-state index contributed by atoms with van der Waals surface area (Å²) in [6.45, 7) is 0.771. The second-order valence-electron chi connectivity index (χ2n) is 5.54. The Hall–Kier alpha value is -0.930. The minimum atomic E-state index is -0.288. The van der Waals surface area contributed by atoms with Crippen molar-refractivity contribution in [3.05, 3.63) is 30.1 Å². The van der Waals surface area contributed by atoms with E-state index in [1.807, 2.05) is 24.4 Å². The molecule has 17 heavy (non-hydrogen) atoms. The fraction of sp³-hybridized carbons (Fsp3) is 0.643. The highest BCUT2D eigenvalue weighted by atomic mass is 16.5. The molecule has 1 aromatic heterocycles. The van der Waals surface area contributed by atoms with Crippen LogP contribution in [0.5, 0.6) is 0 Å². The molecule has 1 aliphatic carbocycles. The van der Waals surface area contributed by atoms with Gasteiger partial charge in [0.25, 0.3) is 0 Å². The van der Waals surface area contributed by atoms with Crippen molar-refractivity contribution in [3.8, 4) is 0 Å². The van der Waals surface area contributed by atoms with Crippen molar-refractivity contribution in [2.75, 3.05) is 6.61 Å². The van der Waals surface area contributed by atoms with Gasteiger partial charge in [-0.15, -0.1) is 0 Å². The maximum absolute atomic E-state index is 6.59. The molecule has 1 unspecified atom stereocenters. The lowest BCUT2D eigenvalue weighted by Gasteiger charge is -2.44. The molecular weight excluding hydrogens is 212 g/mol. The molecule has 1 saturated heterocycles. The Morgan fingerprint density at radius 3 is 2.71 bits per heavy atom. The first kappa shape index (κ1) is 11.2. The minimum Gasteiger partial charge on any atom is -0.375 e. The molecule has 0 aromatic carbocycles. The van der Waals surface area contributed by atoms with Crippen LogP contribution in [-0.4, -0.2) is 17.2 Å². The van der Waals surface area contributed by atoms with Crippen molar-refractivity contribution >= 4 is 0 Å². The van der Waals surface area contributed by atoms with Crippen LogP contribution in [0.1, 0.15) is 44.2 Å². The molecule has 1 spiro atoms. The summed E-state index contributed by atoms with van der Waals surface area (Å²) in [5.74, 6) is 0. The summed E-state index contributed by atoms with van der Waals surface area (Å²) in [6, 6.07) is 6.01. The Morgan fingerprint density at radius 1 is 1.18 bits per heavy atom. The van der Waals surface area contributed by atoms with Crippen molar-refractivity contribution in [3.63, 3.8) is 0 Å². The van der Waals surface area contributed by atoms with E-state index in [1.54, 1.807) is 0 Å². The van der Waals surface area contributed by atoms with Crippen LogP contribution in [0.4, 0.5) is 0 Å². The summed E-state index contributed by atoms with van der Waals surface area (Å²) in [5.41, 5.74) is 7.37. The van der Waals surface area contributed by atoms with E-state index in [-0.39, 0.29) is 11.1 Å². The Kier molecular flexibility index (Phi) is 2.68. The lowest BCUT2D eigenvalue weighted by Crippen LogP contribution is -2.51. The van der Waals surface area contributed by atoms with E-state index in [0.29, 0.717) is 0 Å². The molecule has 1 aromatic rings.